The number of amides is 1. The third-order valence-corrected chi connectivity index (χ3v) is 5.78. The van der Waals surface area contributed by atoms with E-state index in [-0.39, 0.29) is 0 Å². The van der Waals surface area contributed by atoms with Crippen LogP contribution in [0.4, 0.5) is 4.79 Å². The molecule has 0 N–H and O–H groups in total. The van der Waals surface area contributed by atoms with Crippen LogP contribution in [0.3, 0.4) is 0 Å². The summed E-state index contributed by atoms with van der Waals surface area (Å²) in [6.07, 6.45) is 2.96. The van der Waals surface area contributed by atoms with E-state index >= 15 is 0 Å². The molecule has 0 bridgehead atoms. The summed E-state index contributed by atoms with van der Waals surface area (Å²) >= 11 is 0. The maximum atomic E-state index is 13.6. The molecule has 5 nitrogen and oxygen atoms in total. The van der Waals surface area contributed by atoms with Crippen molar-refractivity contribution in [2.75, 3.05) is 0 Å². The lowest BCUT2D eigenvalue weighted by atomic mass is 9.90. The van der Waals surface area contributed by atoms with Crippen molar-refractivity contribution in [3.63, 3.8) is 0 Å². The molecule has 180 valence electrons. The van der Waals surface area contributed by atoms with Crippen LogP contribution in [0, 0.1) is 0 Å². The van der Waals surface area contributed by atoms with Gasteiger partial charge in [0.1, 0.15) is 17.7 Å². The fourth-order valence-corrected chi connectivity index (χ4v) is 4.26. The quantitative estimate of drug-likeness (QED) is 0.389. The van der Waals surface area contributed by atoms with Gasteiger partial charge in [-0.15, -0.1) is 0 Å². The van der Waals surface area contributed by atoms with Crippen LogP contribution in [0.15, 0.2) is 97.1 Å². The molecule has 1 saturated heterocycles. The van der Waals surface area contributed by atoms with Crippen LogP contribution in [0.1, 0.15) is 56.0 Å². The van der Waals surface area contributed by atoms with E-state index in [1.165, 1.54) is 0 Å². The fourth-order valence-electron chi connectivity index (χ4n) is 4.26. The largest absolute Gasteiger partial charge is 0.453 e. The first-order chi connectivity index (χ1) is 16.8. The van der Waals surface area contributed by atoms with Crippen molar-refractivity contribution in [3.8, 4) is 0 Å². The molecule has 0 aliphatic carbocycles. The number of nitrogens with zero attached hydrogens (tertiary/aromatic N) is 1. The Morgan fingerprint density at radius 3 is 2.00 bits per heavy atom. The lowest BCUT2D eigenvalue weighted by Crippen LogP contribution is -2.55. The fraction of sp³-hybridized carbons (Fsp3) is 0.267. The van der Waals surface area contributed by atoms with Crippen molar-refractivity contribution in [2.24, 2.45) is 0 Å². The van der Waals surface area contributed by atoms with Gasteiger partial charge >= 0.3 is 12.1 Å². The average molecular weight is 470 g/mol. The summed E-state index contributed by atoms with van der Waals surface area (Å²) in [5.41, 5.74) is 1.99. The molecule has 4 rings (SSSR count). The van der Waals surface area contributed by atoms with Gasteiger partial charge < -0.3 is 9.47 Å². The van der Waals surface area contributed by atoms with Gasteiger partial charge in [0.25, 0.3) is 0 Å². The summed E-state index contributed by atoms with van der Waals surface area (Å²) in [4.78, 5) is 28.6. The number of carbonyl (C=O) groups excluding carboxylic acids is 2. The number of carbonyl (C=O) groups is 2. The molecule has 3 aromatic rings. The van der Waals surface area contributed by atoms with E-state index in [2.05, 4.69) is 0 Å². The molecule has 1 aliphatic rings. The highest BCUT2D eigenvalue weighted by Gasteiger charge is 2.48. The first-order valence-electron chi connectivity index (χ1n) is 11.9. The second-order valence-electron chi connectivity index (χ2n) is 9.58. The summed E-state index contributed by atoms with van der Waals surface area (Å²) in [6, 6.07) is 27.7. The number of benzene rings is 3. The van der Waals surface area contributed by atoms with Gasteiger partial charge in [0.2, 0.25) is 0 Å². The summed E-state index contributed by atoms with van der Waals surface area (Å²) in [5.74, 6) is -0.449. The minimum atomic E-state index is -0.824. The van der Waals surface area contributed by atoms with E-state index in [1.54, 1.807) is 4.90 Å². The van der Waals surface area contributed by atoms with E-state index in [0.717, 1.165) is 16.7 Å². The van der Waals surface area contributed by atoms with Gasteiger partial charge in [0.05, 0.1) is 0 Å². The Morgan fingerprint density at radius 2 is 1.43 bits per heavy atom. The highest BCUT2D eigenvalue weighted by atomic mass is 16.6. The molecule has 5 heteroatoms. The number of morpholine rings is 1. The number of rotatable bonds is 5. The maximum absolute atomic E-state index is 13.6. The van der Waals surface area contributed by atoms with Gasteiger partial charge in [-0.2, -0.15) is 0 Å². The number of esters is 1. The van der Waals surface area contributed by atoms with Gasteiger partial charge in [-0.3, -0.25) is 4.90 Å². The van der Waals surface area contributed by atoms with E-state index < -0.39 is 35.9 Å². The Kier molecular flexibility index (Phi) is 7.35. The van der Waals surface area contributed by atoms with Gasteiger partial charge in [-0.1, -0.05) is 103 Å². The molecule has 0 saturated carbocycles. The summed E-state index contributed by atoms with van der Waals surface area (Å²) in [7, 11) is 0. The molecule has 0 radical (unpaired) electrons. The monoisotopic (exact) mass is 469 g/mol. The Hall–Kier alpha value is -3.86. The minimum Gasteiger partial charge on any atom is -0.453 e. The van der Waals surface area contributed by atoms with E-state index in [0.29, 0.717) is 6.42 Å². The third kappa shape index (κ3) is 5.99. The second-order valence-corrected chi connectivity index (χ2v) is 9.58. The molecule has 1 aliphatic heterocycles. The minimum absolute atomic E-state index is 0.303. The van der Waals surface area contributed by atoms with Crippen molar-refractivity contribution in [1.29, 1.82) is 0 Å². The molecular formula is C30H31NO4. The van der Waals surface area contributed by atoms with Crippen molar-refractivity contribution < 1.29 is 19.1 Å². The number of hydrogen-bond acceptors (Lipinski definition) is 4. The molecule has 1 fully saturated rings. The standard InChI is InChI=1S/C30H31NO4/c1-30(2,3)35-29(33)31-25(21-13-16-22-14-7-4-8-15-22)28(32)34-27(24-19-11-6-12-20-24)26(31)23-17-9-5-10-18-23/h4-20,25-27H,21H2,1-3H3/t25-,26?,27?/m1/s1. The number of ether oxygens (including phenoxy) is 2. The first kappa shape index (κ1) is 24.3. The van der Waals surface area contributed by atoms with Gasteiger partial charge in [0.15, 0.2) is 6.10 Å². The molecule has 3 aromatic carbocycles. The molecule has 1 heterocycles. The molecule has 0 aromatic heterocycles. The highest BCUT2D eigenvalue weighted by Crippen LogP contribution is 2.43. The third-order valence-electron chi connectivity index (χ3n) is 5.78. The number of hydrogen-bond donors (Lipinski definition) is 0. The van der Waals surface area contributed by atoms with Gasteiger partial charge in [0, 0.05) is 0 Å². The molecule has 35 heavy (non-hydrogen) atoms. The topological polar surface area (TPSA) is 55.8 Å². The van der Waals surface area contributed by atoms with Crippen LogP contribution in [0.5, 0.6) is 0 Å². The Labute approximate surface area is 207 Å². The van der Waals surface area contributed by atoms with E-state index in [9.17, 15) is 9.59 Å². The normalized spacial score (nSPS) is 20.5. The lowest BCUT2D eigenvalue weighted by Gasteiger charge is -2.45. The van der Waals surface area contributed by atoms with Crippen molar-refractivity contribution in [1.82, 2.24) is 4.90 Å². The predicted octanol–water partition coefficient (Wildman–Crippen LogP) is 6.74. The summed E-state index contributed by atoms with van der Waals surface area (Å²) < 4.78 is 11.9. The average Bonchev–Trinajstić information content (AvgIpc) is 2.85. The van der Waals surface area contributed by atoms with Crippen LogP contribution < -0.4 is 0 Å². The zero-order valence-corrected chi connectivity index (χ0v) is 20.3. The number of cyclic esters (lactones) is 1. The van der Waals surface area contributed by atoms with Crippen molar-refractivity contribution >= 4 is 18.1 Å². The predicted molar refractivity (Wildman–Crippen MR) is 136 cm³/mol. The van der Waals surface area contributed by atoms with Crippen molar-refractivity contribution in [3.05, 3.63) is 114 Å². The molecule has 0 spiro atoms. The SMILES string of the molecule is CC(C)(C)OC(=O)N1C(c2ccccc2)C(c2ccccc2)OC(=O)[C@H]1CC=Cc1ccccc1. The molecular weight excluding hydrogens is 438 g/mol. The zero-order chi connectivity index (χ0) is 24.8. The molecule has 3 atom stereocenters. The lowest BCUT2D eigenvalue weighted by molar-refractivity contribution is -0.174. The van der Waals surface area contributed by atoms with Crippen LogP contribution in [-0.2, 0) is 14.3 Å². The first-order valence-corrected chi connectivity index (χ1v) is 11.9. The Morgan fingerprint density at radius 1 is 0.886 bits per heavy atom. The second kappa shape index (κ2) is 10.6. The molecule has 2 unspecified atom stereocenters. The molecule has 1 amide bonds. The van der Waals surface area contributed by atoms with Crippen LogP contribution in [-0.4, -0.2) is 28.6 Å². The van der Waals surface area contributed by atoms with Crippen molar-refractivity contribution in [2.45, 2.75) is 51.0 Å². The smallest absolute Gasteiger partial charge is 0.411 e. The van der Waals surface area contributed by atoms with Crippen LogP contribution >= 0.6 is 0 Å². The van der Waals surface area contributed by atoms with Crippen LogP contribution in [0.25, 0.3) is 6.08 Å². The van der Waals surface area contributed by atoms with Gasteiger partial charge in [-0.05, 0) is 43.9 Å². The van der Waals surface area contributed by atoms with E-state index in [4.69, 9.17) is 9.47 Å². The summed E-state index contributed by atoms with van der Waals surface area (Å²) in [5, 5.41) is 0. The summed E-state index contributed by atoms with van der Waals surface area (Å²) in [6.45, 7) is 5.47. The van der Waals surface area contributed by atoms with Gasteiger partial charge in [-0.25, -0.2) is 9.59 Å². The highest BCUT2D eigenvalue weighted by molar-refractivity contribution is 5.84. The zero-order valence-electron chi connectivity index (χ0n) is 20.3. The van der Waals surface area contributed by atoms with E-state index in [1.807, 2.05) is 124 Å². The Bertz CT molecular complexity index is 1150. The van der Waals surface area contributed by atoms with Crippen LogP contribution in [0.2, 0.25) is 0 Å². The Balaban J connectivity index is 1.76. The maximum Gasteiger partial charge on any atom is 0.411 e.